The van der Waals surface area contributed by atoms with Gasteiger partial charge in [0.1, 0.15) is 5.65 Å². The van der Waals surface area contributed by atoms with E-state index in [2.05, 4.69) is 49.1 Å². The minimum Gasteiger partial charge on any atom is -0.356 e. The summed E-state index contributed by atoms with van der Waals surface area (Å²) in [6.07, 6.45) is 8.74. The van der Waals surface area contributed by atoms with Gasteiger partial charge in [0.15, 0.2) is 5.96 Å². The average molecular weight is 357 g/mol. The van der Waals surface area contributed by atoms with Gasteiger partial charge in [-0.2, -0.15) is 0 Å². The molecule has 6 nitrogen and oxygen atoms in total. The number of hydrogen-bond donors (Lipinski definition) is 2. The van der Waals surface area contributed by atoms with Crippen LogP contribution in [0.3, 0.4) is 0 Å². The van der Waals surface area contributed by atoms with Crippen molar-refractivity contribution in [2.45, 2.75) is 45.6 Å². The third kappa shape index (κ3) is 5.21. The van der Waals surface area contributed by atoms with E-state index in [1.165, 1.54) is 51.0 Å². The van der Waals surface area contributed by atoms with Crippen molar-refractivity contribution in [3.63, 3.8) is 0 Å². The predicted octanol–water partition coefficient (Wildman–Crippen LogP) is 2.57. The number of nitrogens with zero attached hydrogens (tertiary/aromatic N) is 4. The van der Waals surface area contributed by atoms with Crippen LogP contribution in [0.15, 0.2) is 29.4 Å². The number of imidazole rings is 1. The van der Waals surface area contributed by atoms with Crippen molar-refractivity contribution in [3.05, 3.63) is 35.8 Å². The van der Waals surface area contributed by atoms with E-state index in [9.17, 15) is 0 Å². The first-order valence-corrected chi connectivity index (χ1v) is 9.87. The molecule has 0 spiro atoms. The van der Waals surface area contributed by atoms with Crippen LogP contribution in [-0.4, -0.2) is 53.5 Å². The summed E-state index contributed by atoms with van der Waals surface area (Å²) in [5.41, 5.74) is 3.20. The molecule has 1 aliphatic heterocycles. The molecule has 142 valence electrons. The van der Waals surface area contributed by atoms with Gasteiger partial charge >= 0.3 is 0 Å². The molecule has 3 rings (SSSR count). The second-order valence-electron chi connectivity index (χ2n) is 7.09. The Bertz CT molecular complexity index is 712. The molecule has 26 heavy (non-hydrogen) atoms. The molecule has 0 unspecified atom stereocenters. The van der Waals surface area contributed by atoms with Gasteiger partial charge in [-0.15, -0.1) is 0 Å². The Morgan fingerprint density at radius 2 is 1.96 bits per heavy atom. The van der Waals surface area contributed by atoms with E-state index in [0.717, 1.165) is 30.3 Å². The topological polar surface area (TPSA) is 57.0 Å². The SMILES string of the molecule is CN=C(NCCCN1CCCCCC1)NCc1cn2c(C)cccc2n1. The van der Waals surface area contributed by atoms with Crippen molar-refractivity contribution in [1.82, 2.24) is 24.9 Å². The van der Waals surface area contributed by atoms with Gasteiger partial charge in [0.05, 0.1) is 12.2 Å². The molecule has 0 aliphatic carbocycles. The number of rotatable bonds is 6. The molecule has 1 fully saturated rings. The van der Waals surface area contributed by atoms with Crippen LogP contribution in [0, 0.1) is 6.92 Å². The van der Waals surface area contributed by atoms with Crippen LogP contribution < -0.4 is 10.6 Å². The summed E-state index contributed by atoms with van der Waals surface area (Å²) < 4.78 is 2.12. The maximum absolute atomic E-state index is 4.66. The van der Waals surface area contributed by atoms with Gasteiger partial charge in [-0.3, -0.25) is 4.99 Å². The molecule has 3 heterocycles. The minimum absolute atomic E-state index is 0.674. The number of hydrogen-bond acceptors (Lipinski definition) is 3. The number of aromatic nitrogens is 2. The van der Waals surface area contributed by atoms with Crippen LogP contribution in [0.4, 0.5) is 0 Å². The van der Waals surface area contributed by atoms with E-state index in [0.29, 0.717) is 6.54 Å². The third-order valence-corrected chi connectivity index (χ3v) is 5.05. The fourth-order valence-corrected chi connectivity index (χ4v) is 3.55. The van der Waals surface area contributed by atoms with Crippen LogP contribution in [0.1, 0.15) is 43.5 Å². The third-order valence-electron chi connectivity index (χ3n) is 5.05. The number of aryl methyl sites for hydroxylation is 1. The molecule has 0 radical (unpaired) electrons. The first-order valence-electron chi connectivity index (χ1n) is 9.87. The summed E-state index contributed by atoms with van der Waals surface area (Å²) >= 11 is 0. The number of guanidine groups is 1. The molecular formula is C20H32N6. The zero-order valence-corrected chi connectivity index (χ0v) is 16.2. The standard InChI is InChI=1S/C20H32N6/c1-17-9-7-10-19-24-18(16-26(17)19)15-23-20(21-2)22-11-8-14-25-12-5-3-4-6-13-25/h7,9-10,16H,3-6,8,11-15H2,1-2H3,(H2,21,22,23). The molecule has 0 saturated carbocycles. The Labute approximate surface area is 156 Å². The van der Waals surface area contributed by atoms with Gasteiger partial charge in [0, 0.05) is 25.5 Å². The Kier molecular flexibility index (Phi) is 6.89. The molecule has 2 aromatic rings. The normalized spacial score (nSPS) is 16.6. The predicted molar refractivity (Wildman–Crippen MR) is 108 cm³/mol. The highest BCUT2D eigenvalue weighted by Gasteiger charge is 2.08. The van der Waals surface area contributed by atoms with Gasteiger partial charge < -0.3 is 19.9 Å². The lowest BCUT2D eigenvalue weighted by Gasteiger charge is -2.20. The Morgan fingerprint density at radius 3 is 2.69 bits per heavy atom. The largest absolute Gasteiger partial charge is 0.356 e. The summed E-state index contributed by atoms with van der Waals surface area (Å²) in [6, 6.07) is 6.17. The van der Waals surface area contributed by atoms with Crippen molar-refractivity contribution in [2.24, 2.45) is 4.99 Å². The van der Waals surface area contributed by atoms with E-state index < -0.39 is 0 Å². The smallest absolute Gasteiger partial charge is 0.191 e. The van der Waals surface area contributed by atoms with E-state index >= 15 is 0 Å². The fraction of sp³-hybridized carbons (Fsp3) is 0.600. The van der Waals surface area contributed by atoms with Crippen molar-refractivity contribution >= 4 is 11.6 Å². The summed E-state index contributed by atoms with van der Waals surface area (Å²) in [7, 11) is 1.82. The Hall–Kier alpha value is -2.08. The second kappa shape index (κ2) is 9.57. The number of aliphatic imine (C=N–C) groups is 1. The van der Waals surface area contributed by atoms with Crippen molar-refractivity contribution in [2.75, 3.05) is 33.2 Å². The molecular weight excluding hydrogens is 324 g/mol. The number of nitrogens with one attached hydrogen (secondary N) is 2. The second-order valence-corrected chi connectivity index (χ2v) is 7.09. The maximum atomic E-state index is 4.66. The zero-order valence-electron chi connectivity index (χ0n) is 16.2. The van der Waals surface area contributed by atoms with Crippen molar-refractivity contribution < 1.29 is 0 Å². The highest BCUT2D eigenvalue weighted by molar-refractivity contribution is 5.79. The van der Waals surface area contributed by atoms with Gasteiger partial charge in [-0.25, -0.2) is 4.98 Å². The summed E-state index contributed by atoms with van der Waals surface area (Å²) in [5, 5.41) is 6.78. The summed E-state index contributed by atoms with van der Waals surface area (Å²) in [6.45, 7) is 7.42. The summed E-state index contributed by atoms with van der Waals surface area (Å²) in [4.78, 5) is 11.6. The molecule has 0 atom stereocenters. The van der Waals surface area contributed by atoms with Crippen LogP contribution in [0.25, 0.3) is 5.65 Å². The molecule has 0 aromatic carbocycles. The molecule has 0 bridgehead atoms. The first kappa shape index (κ1) is 18.7. The van der Waals surface area contributed by atoms with Crippen LogP contribution in [0.5, 0.6) is 0 Å². The molecule has 2 aromatic heterocycles. The number of pyridine rings is 1. The average Bonchev–Trinajstić information content (AvgIpc) is 2.90. The number of likely N-dealkylation sites (tertiary alicyclic amines) is 1. The lowest BCUT2D eigenvalue weighted by Crippen LogP contribution is -2.38. The minimum atomic E-state index is 0.674. The van der Waals surface area contributed by atoms with E-state index in [1.807, 2.05) is 19.2 Å². The summed E-state index contributed by atoms with van der Waals surface area (Å²) in [5.74, 6) is 0.842. The Balaban J connectivity index is 1.40. The molecule has 2 N–H and O–H groups in total. The van der Waals surface area contributed by atoms with Crippen molar-refractivity contribution in [1.29, 1.82) is 0 Å². The Morgan fingerprint density at radius 1 is 1.15 bits per heavy atom. The van der Waals surface area contributed by atoms with E-state index in [4.69, 9.17) is 0 Å². The van der Waals surface area contributed by atoms with Gasteiger partial charge in [-0.05, 0) is 58.0 Å². The van der Waals surface area contributed by atoms with Crippen molar-refractivity contribution in [3.8, 4) is 0 Å². The molecule has 0 amide bonds. The van der Waals surface area contributed by atoms with Gasteiger partial charge in [-0.1, -0.05) is 18.9 Å². The van der Waals surface area contributed by atoms with Gasteiger partial charge in [0.2, 0.25) is 0 Å². The van der Waals surface area contributed by atoms with E-state index in [1.54, 1.807) is 0 Å². The lowest BCUT2D eigenvalue weighted by atomic mass is 10.2. The van der Waals surface area contributed by atoms with Crippen LogP contribution in [0.2, 0.25) is 0 Å². The molecule has 1 saturated heterocycles. The lowest BCUT2D eigenvalue weighted by molar-refractivity contribution is 0.282. The molecule has 1 aliphatic rings. The van der Waals surface area contributed by atoms with E-state index in [-0.39, 0.29) is 0 Å². The maximum Gasteiger partial charge on any atom is 0.191 e. The van der Waals surface area contributed by atoms with Crippen LogP contribution in [-0.2, 0) is 6.54 Å². The first-order chi connectivity index (χ1) is 12.8. The molecule has 6 heteroatoms. The quantitative estimate of drug-likeness (QED) is 0.474. The fourth-order valence-electron chi connectivity index (χ4n) is 3.55. The zero-order chi connectivity index (χ0) is 18.2. The highest BCUT2D eigenvalue weighted by Crippen LogP contribution is 2.10. The monoisotopic (exact) mass is 356 g/mol. The highest BCUT2D eigenvalue weighted by atomic mass is 15.2. The van der Waals surface area contributed by atoms with Gasteiger partial charge in [0.25, 0.3) is 0 Å². The van der Waals surface area contributed by atoms with Crippen LogP contribution >= 0.6 is 0 Å². The number of fused-ring (bicyclic) bond motifs is 1.